The molecular weight excluding hydrogens is 386 g/mol. The van der Waals surface area contributed by atoms with Crippen LogP contribution in [-0.2, 0) is 16.0 Å². The van der Waals surface area contributed by atoms with Gasteiger partial charge >= 0.3 is 5.97 Å². The van der Waals surface area contributed by atoms with Crippen LogP contribution in [0.4, 0.5) is 17.1 Å². The number of amides is 1. The summed E-state index contributed by atoms with van der Waals surface area (Å²) in [4.78, 5) is 39.9. The molecule has 2 heterocycles. The Bertz CT molecular complexity index is 1000. The molecule has 8 nitrogen and oxygen atoms in total. The Morgan fingerprint density at radius 2 is 1.87 bits per heavy atom. The normalized spacial score (nSPS) is 17.7. The van der Waals surface area contributed by atoms with Gasteiger partial charge in [-0.25, -0.2) is 4.79 Å². The lowest BCUT2D eigenvalue weighted by Crippen LogP contribution is -2.38. The number of carbonyl (C=O) groups is 2. The van der Waals surface area contributed by atoms with E-state index in [9.17, 15) is 19.7 Å². The fourth-order valence-electron chi connectivity index (χ4n) is 4.26. The first-order chi connectivity index (χ1) is 14.5. The highest BCUT2D eigenvalue weighted by atomic mass is 16.6. The molecule has 156 valence electrons. The highest BCUT2D eigenvalue weighted by Crippen LogP contribution is 2.32. The summed E-state index contributed by atoms with van der Waals surface area (Å²) >= 11 is 0. The van der Waals surface area contributed by atoms with E-state index in [2.05, 4.69) is 0 Å². The third-order valence-electron chi connectivity index (χ3n) is 5.66. The second-order valence-corrected chi connectivity index (χ2v) is 7.67. The van der Waals surface area contributed by atoms with E-state index in [1.807, 2.05) is 36.1 Å². The summed E-state index contributed by atoms with van der Waals surface area (Å²) in [6.45, 7) is 3.09. The van der Waals surface area contributed by atoms with Gasteiger partial charge in [0.1, 0.15) is 0 Å². The van der Waals surface area contributed by atoms with Gasteiger partial charge in [-0.2, -0.15) is 0 Å². The lowest BCUT2D eigenvalue weighted by Gasteiger charge is -2.23. The Balaban J connectivity index is 1.52. The average molecular weight is 409 g/mol. The standard InChI is InChI=1S/C22H23N3O5/c1-15-12-16-6-2-3-7-19(16)24(15)21(26)14-30-22(27)18-13-17(25(28)29)8-9-20(18)23-10-4-5-11-23/h2-3,6-9,13,15H,4-5,10-12,14H2,1H3. The van der Waals surface area contributed by atoms with Crippen molar-refractivity contribution in [1.29, 1.82) is 0 Å². The molecule has 0 aliphatic carbocycles. The van der Waals surface area contributed by atoms with Crippen LogP contribution in [0, 0.1) is 10.1 Å². The maximum atomic E-state index is 12.8. The lowest BCUT2D eigenvalue weighted by molar-refractivity contribution is -0.384. The highest BCUT2D eigenvalue weighted by Gasteiger charge is 2.31. The molecular formula is C22H23N3O5. The van der Waals surface area contributed by atoms with E-state index in [0.717, 1.165) is 43.6 Å². The summed E-state index contributed by atoms with van der Waals surface area (Å²) in [5, 5.41) is 11.2. The van der Waals surface area contributed by atoms with Gasteiger partial charge in [0.25, 0.3) is 11.6 Å². The van der Waals surface area contributed by atoms with Crippen molar-refractivity contribution >= 4 is 28.9 Å². The zero-order chi connectivity index (χ0) is 21.3. The average Bonchev–Trinajstić information content (AvgIpc) is 3.38. The van der Waals surface area contributed by atoms with Gasteiger partial charge < -0.3 is 14.5 Å². The molecule has 1 atom stereocenters. The van der Waals surface area contributed by atoms with E-state index in [1.54, 1.807) is 11.0 Å². The van der Waals surface area contributed by atoms with Crippen LogP contribution in [0.2, 0.25) is 0 Å². The van der Waals surface area contributed by atoms with E-state index in [-0.39, 0.29) is 23.2 Å². The number of nitrogens with zero attached hydrogens (tertiary/aromatic N) is 3. The van der Waals surface area contributed by atoms with E-state index in [4.69, 9.17) is 4.74 Å². The first-order valence-electron chi connectivity index (χ1n) is 10.1. The number of anilines is 2. The van der Waals surface area contributed by atoms with Gasteiger partial charge in [0.2, 0.25) is 0 Å². The second kappa shape index (κ2) is 8.14. The third-order valence-corrected chi connectivity index (χ3v) is 5.66. The molecule has 2 aromatic rings. The van der Waals surface area contributed by atoms with Crippen LogP contribution < -0.4 is 9.80 Å². The number of carbonyl (C=O) groups excluding carboxylic acids is 2. The number of nitro groups is 1. The fraction of sp³-hybridized carbons (Fsp3) is 0.364. The molecule has 1 amide bonds. The van der Waals surface area contributed by atoms with Crippen molar-refractivity contribution in [2.45, 2.75) is 32.2 Å². The summed E-state index contributed by atoms with van der Waals surface area (Å²) in [5.74, 6) is -1.04. The number of para-hydroxylation sites is 1. The molecule has 30 heavy (non-hydrogen) atoms. The molecule has 0 saturated carbocycles. The largest absolute Gasteiger partial charge is 0.452 e. The van der Waals surface area contributed by atoms with Crippen LogP contribution >= 0.6 is 0 Å². The number of fused-ring (bicyclic) bond motifs is 1. The van der Waals surface area contributed by atoms with Crippen LogP contribution in [0.15, 0.2) is 42.5 Å². The van der Waals surface area contributed by atoms with Crippen molar-refractivity contribution in [3.05, 3.63) is 63.7 Å². The number of nitro benzene ring substituents is 1. The van der Waals surface area contributed by atoms with Gasteiger partial charge in [-0.1, -0.05) is 18.2 Å². The van der Waals surface area contributed by atoms with Gasteiger partial charge in [-0.05, 0) is 43.9 Å². The van der Waals surface area contributed by atoms with Crippen molar-refractivity contribution in [3.8, 4) is 0 Å². The van der Waals surface area contributed by atoms with E-state index < -0.39 is 17.5 Å². The van der Waals surface area contributed by atoms with Crippen molar-refractivity contribution in [2.75, 3.05) is 29.5 Å². The first kappa shape index (κ1) is 19.9. The second-order valence-electron chi connectivity index (χ2n) is 7.67. The zero-order valence-corrected chi connectivity index (χ0v) is 16.7. The van der Waals surface area contributed by atoms with Crippen molar-refractivity contribution in [1.82, 2.24) is 0 Å². The molecule has 0 N–H and O–H groups in total. The number of non-ortho nitro benzene ring substituents is 1. The first-order valence-corrected chi connectivity index (χ1v) is 10.1. The minimum Gasteiger partial charge on any atom is -0.452 e. The molecule has 1 unspecified atom stereocenters. The summed E-state index contributed by atoms with van der Waals surface area (Å²) in [7, 11) is 0. The van der Waals surface area contributed by atoms with Crippen LogP contribution in [0.25, 0.3) is 0 Å². The van der Waals surface area contributed by atoms with Gasteiger partial charge in [-0.15, -0.1) is 0 Å². The minimum atomic E-state index is -0.728. The number of hydrogen-bond donors (Lipinski definition) is 0. The number of benzene rings is 2. The molecule has 0 aromatic heterocycles. The SMILES string of the molecule is CC1Cc2ccccc2N1C(=O)COC(=O)c1cc([N+](=O)[O-])ccc1N1CCCC1. The Morgan fingerprint density at radius 3 is 2.60 bits per heavy atom. The van der Waals surface area contributed by atoms with Gasteiger partial charge in [-0.3, -0.25) is 14.9 Å². The van der Waals surface area contributed by atoms with Crippen LogP contribution in [0.1, 0.15) is 35.7 Å². The third kappa shape index (κ3) is 3.72. The smallest absolute Gasteiger partial charge is 0.341 e. The molecule has 2 aliphatic rings. The number of ether oxygens (including phenoxy) is 1. The van der Waals surface area contributed by atoms with Crippen molar-refractivity contribution < 1.29 is 19.2 Å². The van der Waals surface area contributed by atoms with Crippen molar-refractivity contribution in [3.63, 3.8) is 0 Å². The predicted octanol–water partition coefficient (Wildman–Crippen LogP) is 3.33. The maximum Gasteiger partial charge on any atom is 0.341 e. The minimum absolute atomic E-state index is 0.0217. The molecule has 4 rings (SSSR count). The fourth-order valence-corrected chi connectivity index (χ4v) is 4.26. The molecule has 2 aliphatic heterocycles. The predicted molar refractivity (Wildman–Crippen MR) is 112 cm³/mol. The number of esters is 1. The van der Waals surface area contributed by atoms with Crippen LogP contribution in [-0.4, -0.2) is 42.5 Å². The molecule has 0 radical (unpaired) electrons. The Kier molecular flexibility index (Phi) is 5.39. The van der Waals surface area contributed by atoms with Crippen LogP contribution in [0.5, 0.6) is 0 Å². The maximum absolute atomic E-state index is 12.8. The molecule has 8 heteroatoms. The Morgan fingerprint density at radius 1 is 1.13 bits per heavy atom. The number of hydrogen-bond acceptors (Lipinski definition) is 6. The summed E-state index contributed by atoms with van der Waals surface area (Å²) < 4.78 is 5.32. The highest BCUT2D eigenvalue weighted by molar-refractivity contribution is 6.01. The summed E-state index contributed by atoms with van der Waals surface area (Å²) in [5.41, 5.74) is 2.46. The van der Waals surface area contributed by atoms with Gasteiger partial charge in [0.15, 0.2) is 6.61 Å². The molecule has 0 bridgehead atoms. The van der Waals surface area contributed by atoms with E-state index in [1.165, 1.54) is 12.1 Å². The topological polar surface area (TPSA) is 93.0 Å². The quantitative estimate of drug-likeness (QED) is 0.427. The summed E-state index contributed by atoms with van der Waals surface area (Å²) in [6.07, 6.45) is 2.74. The van der Waals surface area contributed by atoms with Crippen LogP contribution in [0.3, 0.4) is 0 Å². The van der Waals surface area contributed by atoms with E-state index >= 15 is 0 Å². The molecule has 2 aromatic carbocycles. The van der Waals surface area contributed by atoms with Gasteiger partial charge in [0, 0.05) is 37.0 Å². The monoisotopic (exact) mass is 409 g/mol. The lowest BCUT2D eigenvalue weighted by atomic mass is 10.1. The van der Waals surface area contributed by atoms with Gasteiger partial charge in [0.05, 0.1) is 16.2 Å². The molecule has 0 spiro atoms. The number of rotatable bonds is 5. The van der Waals surface area contributed by atoms with Crippen molar-refractivity contribution in [2.24, 2.45) is 0 Å². The summed E-state index contributed by atoms with van der Waals surface area (Å²) in [6, 6.07) is 11.8. The molecule has 1 saturated heterocycles. The van der Waals surface area contributed by atoms with E-state index in [0.29, 0.717) is 5.69 Å². The Labute approximate surface area is 174 Å². The zero-order valence-electron chi connectivity index (χ0n) is 16.7. The Hall–Kier alpha value is -3.42. The molecule has 1 fully saturated rings.